The average molecular weight is 234 g/mol. The number of carbonyl (C=O) groups excluding carboxylic acids is 1. The number of methoxy groups -OCH3 is 1. The fraction of sp³-hybridized carbons (Fsp3) is 0.273. The normalized spacial score (nSPS) is 11.4. The highest BCUT2D eigenvalue weighted by molar-refractivity contribution is 5.82. The fourth-order valence-corrected chi connectivity index (χ4v) is 1.42. The van der Waals surface area contributed by atoms with Crippen molar-refractivity contribution in [3.05, 3.63) is 39.4 Å². The summed E-state index contributed by atoms with van der Waals surface area (Å²) in [5.41, 5.74) is 0.774. The molecule has 6 nitrogen and oxygen atoms in total. The third-order valence-corrected chi connectivity index (χ3v) is 2.35. The second kappa shape index (κ2) is 5.07. The van der Waals surface area contributed by atoms with Gasteiger partial charge in [-0.25, -0.2) is 0 Å². The minimum absolute atomic E-state index is 0.158. The third-order valence-electron chi connectivity index (χ3n) is 2.35. The zero-order chi connectivity index (χ0) is 13.0. The summed E-state index contributed by atoms with van der Waals surface area (Å²) >= 11 is 0. The molecule has 0 heterocycles. The lowest BCUT2D eigenvalue weighted by Gasteiger charge is -2.09. The summed E-state index contributed by atoms with van der Waals surface area (Å²) in [6.45, 7) is 1.67. The van der Waals surface area contributed by atoms with Crippen molar-refractivity contribution in [3.63, 3.8) is 0 Å². The maximum Gasteiger partial charge on any atom is 0.327 e. The standard InChI is InChI=1S/C11H10N2O4/c1-7-3-4-8(13(15)16)5-9(7)10(6-12)11(14)17-2/h3-5,10H,1-2H3. The predicted molar refractivity (Wildman–Crippen MR) is 58.2 cm³/mol. The van der Waals surface area contributed by atoms with Crippen molar-refractivity contribution in [2.24, 2.45) is 0 Å². The summed E-state index contributed by atoms with van der Waals surface area (Å²) in [5.74, 6) is -1.86. The first-order valence-electron chi connectivity index (χ1n) is 4.73. The highest BCUT2D eigenvalue weighted by Gasteiger charge is 2.24. The first-order chi connectivity index (χ1) is 8.01. The largest absolute Gasteiger partial charge is 0.468 e. The van der Waals surface area contributed by atoms with Crippen LogP contribution in [0.15, 0.2) is 18.2 Å². The Labute approximate surface area is 97.6 Å². The van der Waals surface area contributed by atoms with Crippen LogP contribution >= 0.6 is 0 Å². The molecule has 0 saturated heterocycles. The minimum atomic E-state index is -1.14. The zero-order valence-corrected chi connectivity index (χ0v) is 9.34. The molecule has 1 aromatic rings. The molecule has 0 aliphatic heterocycles. The van der Waals surface area contributed by atoms with Crippen LogP contribution in [0.25, 0.3) is 0 Å². The van der Waals surface area contributed by atoms with E-state index in [1.165, 1.54) is 25.3 Å². The molecular formula is C11H10N2O4. The number of nitriles is 1. The van der Waals surface area contributed by atoms with Crippen molar-refractivity contribution < 1.29 is 14.5 Å². The Morgan fingerprint density at radius 2 is 2.24 bits per heavy atom. The first kappa shape index (κ1) is 12.6. The summed E-state index contributed by atoms with van der Waals surface area (Å²) in [7, 11) is 1.17. The topological polar surface area (TPSA) is 93.2 Å². The predicted octanol–water partition coefficient (Wildman–Crippen LogP) is 1.68. The van der Waals surface area contributed by atoms with E-state index in [-0.39, 0.29) is 5.69 Å². The molecular weight excluding hydrogens is 224 g/mol. The molecule has 0 amide bonds. The Morgan fingerprint density at radius 1 is 1.59 bits per heavy atom. The maximum absolute atomic E-state index is 11.4. The number of aryl methyl sites for hydroxylation is 1. The van der Waals surface area contributed by atoms with Crippen molar-refractivity contribution in [1.82, 2.24) is 0 Å². The second-order valence-corrected chi connectivity index (χ2v) is 3.38. The maximum atomic E-state index is 11.4. The number of ether oxygens (including phenoxy) is 1. The van der Waals surface area contributed by atoms with Gasteiger partial charge >= 0.3 is 5.97 Å². The smallest absolute Gasteiger partial charge is 0.327 e. The highest BCUT2D eigenvalue weighted by atomic mass is 16.6. The summed E-state index contributed by atoms with van der Waals surface area (Å²) in [5, 5.41) is 19.5. The molecule has 0 bridgehead atoms. The van der Waals surface area contributed by atoms with Gasteiger partial charge in [-0.3, -0.25) is 14.9 Å². The molecule has 1 unspecified atom stereocenters. The van der Waals surface area contributed by atoms with Crippen LogP contribution in [0.4, 0.5) is 5.69 Å². The van der Waals surface area contributed by atoms with Crippen LogP contribution in [0.3, 0.4) is 0 Å². The number of esters is 1. The van der Waals surface area contributed by atoms with Crippen LogP contribution < -0.4 is 0 Å². The molecule has 0 spiro atoms. The van der Waals surface area contributed by atoms with Gasteiger partial charge in [0.1, 0.15) is 0 Å². The first-order valence-corrected chi connectivity index (χ1v) is 4.73. The molecule has 88 valence electrons. The van der Waals surface area contributed by atoms with E-state index in [1.54, 1.807) is 13.0 Å². The summed E-state index contributed by atoms with van der Waals surface area (Å²) < 4.78 is 4.48. The highest BCUT2D eigenvalue weighted by Crippen LogP contribution is 2.25. The molecule has 0 radical (unpaired) electrons. The molecule has 0 saturated carbocycles. The molecule has 1 atom stereocenters. The molecule has 1 aromatic carbocycles. The van der Waals surface area contributed by atoms with E-state index >= 15 is 0 Å². The third kappa shape index (κ3) is 2.58. The van der Waals surface area contributed by atoms with Crippen LogP contribution in [0.2, 0.25) is 0 Å². The number of hydrogen-bond donors (Lipinski definition) is 0. The van der Waals surface area contributed by atoms with Crippen molar-refractivity contribution >= 4 is 11.7 Å². The number of non-ortho nitro benzene ring substituents is 1. The van der Waals surface area contributed by atoms with E-state index in [0.717, 1.165) is 0 Å². The van der Waals surface area contributed by atoms with Crippen LogP contribution in [0.1, 0.15) is 17.0 Å². The SMILES string of the molecule is COC(=O)C(C#N)c1cc([N+](=O)[O-])ccc1C. The molecule has 0 aromatic heterocycles. The fourth-order valence-electron chi connectivity index (χ4n) is 1.42. The van der Waals surface area contributed by atoms with Crippen LogP contribution in [-0.2, 0) is 9.53 Å². The molecule has 17 heavy (non-hydrogen) atoms. The number of nitro groups is 1. The van der Waals surface area contributed by atoms with Gasteiger partial charge in [0.05, 0.1) is 18.1 Å². The van der Waals surface area contributed by atoms with Gasteiger partial charge in [-0.2, -0.15) is 5.26 Å². The lowest BCUT2D eigenvalue weighted by molar-refractivity contribution is -0.384. The number of nitrogens with zero attached hydrogens (tertiary/aromatic N) is 2. The van der Waals surface area contributed by atoms with Crippen molar-refractivity contribution in [2.75, 3.05) is 7.11 Å². The molecule has 0 aliphatic carbocycles. The van der Waals surface area contributed by atoms with Gasteiger partial charge in [0.15, 0.2) is 5.92 Å². The van der Waals surface area contributed by atoms with Gasteiger partial charge in [-0.05, 0) is 18.1 Å². The summed E-state index contributed by atoms with van der Waals surface area (Å²) in [6.07, 6.45) is 0. The van der Waals surface area contributed by atoms with Gasteiger partial charge in [0, 0.05) is 12.1 Å². The number of carbonyl (C=O) groups is 1. The average Bonchev–Trinajstić information content (AvgIpc) is 2.31. The van der Waals surface area contributed by atoms with Crippen molar-refractivity contribution in [1.29, 1.82) is 5.26 Å². The van der Waals surface area contributed by atoms with E-state index in [9.17, 15) is 14.9 Å². The number of nitro benzene ring substituents is 1. The van der Waals surface area contributed by atoms with Gasteiger partial charge in [0.2, 0.25) is 0 Å². The van der Waals surface area contributed by atoms with Gasteiger partial charge in [0.25, 0.3) is 5.69 Å². The number of rotatable bonds is 3. The Morgan fingerprint density at radius 3 is 2.71 bits per heavy atom. The van der Waals surface area contributed by atoms with Crippen LogP contribution in [0.5, 0.6) is 0 Å². The van der Waals surface area contributed by atoms with Crippen LogP contribution in [0, 0.1) is 28.4 Å². The number of benzene rings is 1. The monoisotopic (exact) mass is 234 g/mol. The van der Waals surface area contributed by atoms with E-state index in [4.69, 9.17) is 5.26 Å². The molecule has 0 N–H and O–H groups in total. The lowest BCUT2D eigenvalue weighted by atomic mass is 9.95. The second-order valence-electron chi connectivity index (χ2n) is 3.38. The van der Waals surface area contributed by atoms with Gasteiger partial charge in [-0.1, -0.05) is 6.07 Å². The Kier molecular flexibility index (Phi) is 3.78. The Bertz CT molecular complexity index is 505. The van der Waals surface area contributed by atoms with Gasteiger partial charge in [-0.15, -0.1) is 0 Å². The van der Waals surface area contributed by atoms with E-state index < -0.39 is 16.8 Å². The zero-order valence-electron chi connectivity index (χ0n) is 9.34. The quantitative estimate of drug-likeness (QED) is 0.450. The Balaban J connectivity index is 3.28. The molecule has 1 rings (SSSR count). The number of hydrogen-bond acceptors (Lipinski definition) is 5. The van der Waals surface area contributed by atoms with Crippen LogP contribution in [-0.4, -0.2) is 18.0 Å². The molecule has 0 aliphatic rings. The minimum Gasteiger partial charge on any atom is -0.468 e. The van der Waals surface area contributed by atoms with Gasteiger partial charge < -0.3 is 4.74 Å². The van der Waals surface area contributed by atoms with Crippen molar-refractivity contribution in [3.8, 4) is 6.07 Å². The summed E-state index contributed by atoms with van der Waals surface area (Å²) in [4.78, 5) is 21.4. The summed E-state index contributed by atoms with van der Waals surface area (Å²) in [6, 6.07) is 5.83. The lowest BCUT2D eigenvalue weighted by Crippen LogP contribution is -2.13. The van der Waals surface area contributed by atoms with Crippen molar-refractivity contribution in [2.45, 2.75) is 12.8 Å². The Hall–Kier alpha value is -2.42. The molecule has 0 fully saturated rings. The van der Waals surface area contributed by atoms with E-state index in [2.05, 4.69) is 4.74 Å². The van der Waals surface area contributed by atoms with E-state index in [1.807, 2.05) is 0 Å². The molecule has 6 heteroatoms. The van der Waals surface area contributed by atoms with E-state index in [0.29, 0.717) is 11.1 Å².